The second-order valence-electron chi connectivity index (χ2n) is 5.00. The summed E-state index contributed by atoms with van der Waals surface area (Å²) < 4.78 is 40.8. The fraction of sp³-hybridized carbons (Fsp3) is 0.125. The molecular formula is C16H11ClF3N2O+. The molecule has 0 radical (unpaired) electrons. The summed E-state index contributed by atoms with van der Waals surface area (Å²) in [6.45, 7) is -0.189. The highest BCUT2D eigenvalue weighted by Gasteiger charge is 2.40. The third-order valence-corrected chi connectivity index (χ3v) is 3.71. The lowest BCUT2D eigenvalue weighted by Crippen LogP contribution is -2.37. The van der Waals surface area contributed by atoms with E-state index in [0.717, 1.165) is 6.33 Å². The Kier molecular flexibility index (Phi) is 3.85. The molecule has 3 nitrogen and oxygen atoms in total. The van der Waals surface area contributed by atoms with Crippen LogP contribution in [0.2, 0.25) is 5.02 Å². The van der Waals surface area contributed by atoms with E-state index in [1.807, 2.05) is 0 Å². The number of aromatic nitrogens is 2. The summed E-state index contributed by atoms with van der Waals surface area (Å²) in [6, 6.07) is 12.3. The maximum absolute atomic E-state index is 13.1. The van der Waals surface area contributed by atoms with Gasteiger partial charge in [0.2, 0.25) is 5.78 Å². The number of imidazole rings is 1. The summed E-state index contributed by atoms with van der Waals surface area (Å²) in [6.07, 6.45) is -3.65. The van der Waals surface area contributed by atoms with E-state index in [2.05, 4.69) is 0 Å². The first-order chi connectivity index (χ1) is 10.9. The van der Waals surface area contributed by atoms with Gasteiger partial charge in [0, 0.05) is 10.6 Å². The van der Waals surface area contributed by atoms with Crippen molar-refractivity contribution in [1.29, 1.82) is 0 Å². The lowest BCUT2D eigenvalue weighted by atomic mass is 10.1. The summed E-state index contributed by atoms with van der Waals surface area (Å²) in [5.74, 6) is -0.295. The number of hydrogen-bond acceptors (Lipinski definition) is 1. The van der Waals surface area contributed by atoms with Crippen molar-refractivity contribution in [2.24, 2.45) is 0 Å². The Bertz CT molecular complexity index is 869. The average Bonchev–Trinajstić information content (AvgIpc) is 2.87. The minimum atomic E-state index is -4.55. The van der Waals surface area contributed by atoms with Crippen LogP contribution in [0.5, 0.6) is 0 Å². The van der Waals surface area contributed by atoms with Gasteiger partial charge in [-0.2, -0.15) is 0 Å². The zero-order chi connectivity index (χ0) is 16.6. The molecule has 0 saturated carbocycles. The molecule has 7 heteroatoms. The van der Waals surface area contributed by atoms with Crippen LogP contribution in [-0.2, 0) is 12.8 Å². The number of Topliss-reactive ketones (excluding diaryl/α,β-unsaturated/α-hetero) is 1. The van der Waals surface area contributed by atoms with Crippen LogP contribution in [-0.4, -0.2) is 10.4 Å². The molecule has 3 aromatic rings. The van der Waals surface area contributed by atoms with Crippen LogP contribution < -0.4 is 4.57 Å². The van der Waals surface area contributed by atoms with Crippen molar-refractivity contribution < 1.29 is 22.5 Å². The predicted molar refractivity (Wildman–Crippen MR) is 79.2 cm³/mol. The molecule has 1 heterocycles. The fourth-order valence-electron chi connectivity index (χ4n) is 2.38. The van der Waals surface area contributed by atoms with Gasteiger partial charge in [0.15, 0.2) is 17.6 Å². The van der Waals surface area contributed by atoms with Crippen molar-refractivity contribution in [1.82, 2.24) is 4.57 Å². The summed E-state index contributed by atoms with van der Waals surface area (Å²) in [4.78, 5) is 12.3. The Balaban J connectivity index is 2.00. The van der Waals surface area contributed by atoms with Gasteiger partial charge in [-0.3, -0.25) is 4.79 Å². The van der Waals surface area contributed by atoms with Gasteiger partial charge in [-0.25, -0.2) is 4.57 Å². The van der Waals surface area contributed by atoms with Crippen molar-refractivity contribution in [3.63, 3.8) is 0 Å². The predicted octanol–water partition coefficient (Wildman–Crippen LogP) is 3.94. The highest BCUT2D eigenvalue weighted by Crippen LogP contribution is 2.26. The van der Waals surface area contributed by atoms with E-state index in [1.54, 1.807) is 36.4 Å². The zero-order valence-electron chi connectivity index (χ0n) is 11.7. The molecule has 3 rings (SSSR count). The number of nitrogens with zero attached hydrogens (tertiary/aromatic N) is 2. The molecule has 23 heavy (non-hydrogen) atoms. The number of carbonyl (C=O) groups is 1. The smallest absolute Gasteiger partial charge is 0.290 e. The molecule has 0 fully saturated rings. The molecule has 0 atom stereocenters. The highest BCUT2D eigenvalue weighted by atomic mass is 35.5. The second-order valence-corrected chi connectivity index (χ2v) is 5.44. The number of para-hydroxylation sites is 2. The summed E-state index contributed by atoms with van der Waals surface area (Å²) >= 11 is 5.76. The Morgan fingerprint density at radius 3 is 2.39 bits per heavy atom. The zero-order valence-corrected chi connectivity index (χ0v) is 12.5. The topological polar surface area (TPSA) is 25.9 Å². The van der Waals surface area contributed by atoms with E-state index >= 15 is 0 Å². The molecule has 0 aliphatic heterocycles. The first-order valence-electron chi connectivity index (χ1n) is 6.72. The van der Waals surface area contributed by atoms with E-state index in [-0.39, 0.29) is 22.4 Å². The van der Waals surface area contributed by atoms with E-state index in [4.69, 9.17) is 11.6 Å². The van der Waals surface area contributed by atoms with Gasteiger partial charge in [0.25, 0.3) is 6.33 Å². The number of benzene rings is 2. The standard InChI is InChI=1S/C16H11ClF3N2O/c17-12-7-5-11(6-8-12)15(23)9-21-10-22(16(18,19)20)14-4-2-1-3-13(14)21/h1-8,10H,9H2/q+1. The molecule has 0 bridgehead atoms. The number of hydrogen-bond donors (Lipinski definition) is 0. The van der Waals surface area contributed by atoms with Crippen molar-refractivity contribution in [2.45, 2.75) is 12.8 Å². The van der Waals surface area contributed by atoms with Crippen LogP contribution in [0.1, 0.15) is 10.4 Å². The fourth-order valence-corrected chi connectivity index (χ4v) is 2.51. The normalized spacial score (nSPS) is 11.8. The van der Waals surface area contributed by atoms with Gasteiger partial charge in [-0.05, 0) is 36.4 Å². The van der Waals surface area contributed by atoms with Crippen LogP contribution in [0.4, 0.5) is 13.2 Å². The van der Waals surface area contributed by atoms with Crippen LogP contribution in [0.3, 0.4) is 0 Å². The molecule has 0 aliphatic rings. The molecule has 0 saturated heterocycles. The first kappa shape index (κ1) is 15.6. The Labute approximate surface area is 134 Å². The first-order valence-corrected chi connectivity index (χ1v) is 7.09. The maximum atomic E-state index is 13.1. The minimum absolute atomic E-state index is 0.00362. The van der Waals surface area contributed by atoms with Gasteiger partial charge in [0.1, 0.15) is 0 Å². The molecule has 0 N–H and O–H groups in total. The molecule has 2 aromatic carbocycles. The Hall–Kier alpha value is -2.34. The van der Waals surface area contributed by atoms with E-state index in [9.17, 15) is 18.0 Å². The van der Waals surface area contributed by atoms with Gasteiger partial charge < -0.3 is 0 Å². The monoisotopic (exact) mass is 339 g/mol. The molecule has 1 aromatic heterocycles. The van der Waals surface area contributed by atoms with Gasteiger partial charge in [-0.1, -0.05) is 23.7 Å². The molecule has 0 unspecified atom stereocenters. The number of halogens is 4. The summed E-state index contributed by atoms with van der Waals surface area (Å²) in [5, 5.41) is 0.489. The van der Waals surface area contributed by atoms with Gasteiger partial charge in [0.05, 0.1) is 0 Å². The highest BCUT2D eigenvalue weighted by molar-refractivity contribution is 6.30. The van der Waals surface area contributed by atoms with E-state index < -0.39 is 6.30 Å². The van der Waals surface area contributed by atoms with Gasteiger partial charge >= 0.3 is 6.30 Å². The lowest BCUT2D eigenvalue weighted by Gasteiger charge is -2.00. The number of carbonyl (C=O) groups excluding carboxylic acids is 1. The number of alkyl halides is 3. The van der Waals surface area contributed by atoms with Crippen LogP contribution in [0, 0.1) is 0 Å². The quantitative estimate of drug-likeness (QED) is 0.524. The van der Waals surface area contributed by atoms with E-state index in [0.29, 0.717) is 16.1 Å². The molecule has 0 amide bonds. The molecule has 118 valence electrons. The number of rotatable bonds is 3. The largest absolute Gasteiger partial charge is 0.567 e. The van der Waals surface area contributed by atoms with Crippen LogP contribution in [0.25, 0.3) is 11.0 Å². The lowest BCUT2D eigenvalue weighted by molar-refractivity contribution is -0.659. The van der Waals surface area contributed by atoms with Crippen molar-refractivity contribution in [3.05, 3.63) is 65.4 Å². The van der Waals surface area contributed by atoms with Crippen LogP contribution in [0.15, 0.2) is 54.9 Å². The molecular weight excluding hydrogens is 329 g/mol. The van der Waals surface area contributed by atoms with E-state index in [1.165, 1.54) is 16.7 Å². The summed E-state index contributed by atoms with van der Waals surface area (Å²) in [5.41, 5.74) is 0.738. The maximum Gasteiger partial charge on any atom is 0.567 e. The van der Waals surface area contributed by atoms with Crippen molar-refractivity contribution in [2.75, 3.05) is 0 Å². The third-order valence-electron chi connectivity index (χ3n) is 3.46. The summed E-state index contributed by atoms with van der Waals surface area (Å²) in [7, 11) is 0. The van der Waals surface area contributed by atoms with Crippen molar-refractivity contribution >= 4 is 28.4 Å². The second kappa shape index (κ2) is 5.70. The Morgan fingerprint density at radius 2 is 1.74 bits per heavy atom. The third kappa shape index (κ3) is 3.07. The SMILES string of the molecule is O=C(C[n+]1cn(C(F)(F)F)c2ccccc21)c1ccc(Cl)cc1. The Morgan fingerprint density at radius 1 is 1.09 bits per heavy atom. The molecule has 0 aliphatic carbocycles. The van der Waals surface area contributed by atoms with Gasteiger partial charge in [-0.15, -0.1) is 17.7 Å². The average molecular weight is 340 g/mol. The number of fused-ring (bicyclic) bond motifs is 1. The van der Waals surface area contributed by atoms with Crippen LogP contribution >= 0.6 is 11.6 Å². The minimum Gasteiger partial charge on any atom is -0.290 e. The van der Waals surface area contributed by atoms with Crippen molar-refractivity contribution in [3.8, 4) is 0 Å². The molecule has 0 spiro atoms. The number of ketones is 1.